The molecule has 0 aliphatic heterocycles. The number of pyridine rings is 1. The molecule has 0 spiro atoms. The van der Waals surface area contributed by atoms with Gasteiger partial charge in [0.25, 0.3) is 0 Å². The summed E-state index contributed by atoms with van der Waals surface area (Å²) in [4.78, 5) is 19.9. The highest BCUT2D eigenvalue weighted by Gasteiger charge is 2.50. The van der Waals surface area contributed by atoms with Gasteiger partial charge in [-0.05, 0) is 111 Å². The number of aliphatic hydroxyl groups excluding tert-OH is 3. The molecule has 2 aromatic heterocycles. The molecular formula is C50H67N3O8. The van der Waals surface area contributed by atoms with Crippen molar-refractivity contribution >= 4 is 11.8 Å². The first-order valence-electron chi connectivity index (χ1n) is 22.5. The number of aliphatic carboxylic acids is 1. The molecule has 1 fully saturated rings. The SMILES string of the molecule is CCCCCC1C=CC(CCCCCC(C(=O)O)C(O)CCC2(O)CC(Cc3ccnc(N)c3)CC2C(O)c2ccc(-c3cc(O)cc(O)c3Cc3ccccc3)[nH]2)C(O)C1. The Kier molecular flexibility index (Phi) is 16.1. The van der Waals surface area contributed by atoms with E-state index in [0.717, 1.165) is 43.2 Å². The summed E-state index contributed by atoms with van der Waals surface area (Å²) in [5, 5.41) is 78.2. The van der Waals surface area contributed by atoms with Crippen molar-refractivity contribution in [1.29, 1.82) is 0 Å². The number of aromatic hydroxyl groups is 2. The van der Waals surface area contributed by atoms with E-state index in [0.29, 0.717) is 72.8 Å². The lowest BCUT2D eigenvalue weighted by atomic mass is 9.79. The number of nitrogens with one attached hydrogen (secondary N) is 1. The Morgan fingerprint density at radius 3 is 2.44 bits per heavy atom. The summed E-state index contributed by atoms with van der Waals surface area (Å²) in [6.45, 7) is 2.19. The molecular weight excluding hydrogens is 771 g/mol. The van der Waals surface area contributed by atoms with Crippen LogP contribution in [0.3, 0.4) is 0 Å². The number of carboxylic acids is 1. The number of phenolic OH excluding ortho intramolecular Hbond substituents is 2. The summed E-state index contributed by atoms with van der Waals surface area (Å²) in [5.74, 6) is -1.98. The first-order chi connectivity index (χ1) is 29.3. The van der Waals surface area contributed by atoms with Crippen LogP contribution in [0, 0.1) is 29.6 Å². The summed E-state index contributed by atoms with van der Waals surface area (Å²) in [5.41, 5.74) is 8.70. The molecule has 0 radical (unpaired) electrons. The van der Waals surface area contributed by atoms with Gasteiger partial charge in [0.2, 0.25) is 0 Å². The molecule has 2 aliphatic carbocycles. The molecule has 4 aromatic rings. The fourth-order valence-electron chi connectivity index (χ4n) is 10.1. The molecule has 0 amide bonds. The molecule has 61 heavy (non-hydrogen) atoms. The molecule has 0 saturated heterocycles. The van der Waals surface area contributed by atoms with Gasteiger partial charge in [-0.1, -0.05) is 87.9 Å². The molecule has 9 unspecified atom stereocenters. The number of aromatic amines is 1. The number of aromatic nitrogens is 2. The molecule has 2 heterocycles. The van der Waals surface area contributed by atoms with Crippen molar-refractivity contribution in [3.8, 4) is 22.8 Å². The van der Waals surface area contributed by atoms with E-state index in [1.165, 1.54) is 25.3 Å². The molecule has 330 valence electrons. The van der Waals surface area contributed by atoms with Crippen LogP contribution in [0.1, 0.15) is 125 Å². The van der Waals surface area contributed by atoms with Gasteiger partial charge < -0.3 is 46.5 Å². The van der Waals surface area contributed by atoms with Gasteiger partial charge in [0.1, 0.15) is 17.3 Å². The number of anilines is 1. The Morgan fingerprint density at radius 2 is 1.70 bits per heavy atom. The van der Waals surface area contributed by atoms with E-state index in [1.807, 2.05) is 36.4 Å². The zero-order valence-corrected chi connectivity index (χ0v) is 35.6. The smallest absolute Gasteiger partial charge is 0.309 e. The van der Waals surface area contributed by atoms with Crippen molar-refractivity contribution in [2.45, 2.75) is 134 Å². The van der Waals surface area contributed by atoms with Gasteiger partial charge in [-0.2, -0.15) is 0 Å². The molecule has 0 bridgehead atoms. The van der Waals surface area contributed by atoms with Gasteiger partial charge in [-0.15, -0.1) is 0 Å². The van der Waals surface area contributed by atoms with Gasteiger partial charge >= 0.3 is 5.97 Å². The third-order valence-electron chi connectivity index (χ3n) is 13.5. The molecule has 9 atom stereocenters. The van der Waals surface area contributed by atoms with Crippen LogP contribution in [0.15, 0.2) is 85.1 Å². The molecule has 2 aliphatic rings. The number of hydrogen-bond acceptors (Lipinski definition) is 9. The molecule has 6 rings (SSSR count). The summed E-state index contributed by atoms with van der Waals surface area (Å²) in [6, 6.07) is 19.8. The fraction of sp³-hybridized carbons (Fsp3) is 0.520. The van der Waals surface area contributed by atoms with Crippen molar-refractivity contribution in [2.24, 2.45) is 29.6 Å². The van der Waals surface area contributed by atoms with Crippen LogP contribution in [0.2, 0.25) is 0 Å². The number of aliphatic hydroxyl groups is 4. The Morgan fingerprint density at radius 1 is 0.918 bits per heavy atom. The quantitative estimate of drug-likeness (QED) is 0.0271. The first-order valence-corrected chi connectivity index (χ1v) is 22.5. The van der Waals surface area contributed by atoms with E-state index >= 15 is 0 Å². The number of H-pyrrole nitrogens is 1. The largest absolute Gasteiger partial charge is 0.508 e. The van der Waals surface area contributed by atoms with Crippen molar-refractivity contribution < 1.29 is 40.5 Å². The summed E-state index contributed by atoms with van der Waals surface area (Å²) >= 11 is 0. The highest BCUT2D eigenvalue weighted by Crippen LogP contribution is 2.50. The van der Waals surface area contributed by atoms with Crippen LogP contribution in [-0.4, -0.2) is 69.5 Å². The second-order valence-corrected chi connectivity index (χ2v) is 18.0. The Bertz CT molecular complexity index is 2040. The van der Waals surface area contributed by atoms with Crippen molar-refractivity contribution in [3.05, 3.63) is 107 Å². The van der Waals surface area contributed by atoms with Gasteiger partial charge in [0.15, 0.2) is 0 Å². The zero-order valence-electron chi connectivity index (χ0n) is 35.6. The van der Waals surface area contributed by atoms with Gasteiger partial charge in [-0.25, -0.2) is 4.98 Å². The number of phenols is 2. The van der Waals surface area contributed by atoms with Crippen LogP contribution in [-0.2, 0) is 17.6 Å². The van der Waals surface area contributed by atoms with E-state index in [1.54, 1.807) is 30.5 Å². The number of nitrogens with zero attached hydrogens (tertiary/aromatic N) is 1. The topological polar surface area (TPSA) is 213 Å². The average molecular weight is 838 g/mol. The van der Waals surface area contributed by atoms with Gasteiger partial charge in [-0.3, -0.25) is 4.79 Å². The Labute approximate surface area is 360 Å². The standard InChI is InChI=1S/C50H67N3O8/c1-2-3-6-11-33-16-17-36(45(56)27-33)14-9-5-10-15-38(49(59)60)44(55)20-22-50(61)31-35(24-34-21-23-52-47(51)28-34)26-41(50)48(58)43-19-18-42(53-43)39-29-37(54)30-46(57)40(39)25-32-12-7-4-8-13-32/h4,7-8,12-13,16-19,21,23,28-30,33,35-36,38,41,44-45,48,53-58,61H,2-3,5-6,9-11,14-15,20,22,24-27,31H2,1H3,(H2,51,52)(H,59,60). The zero-order chi connectivity index (χ0) is 43.5. The number of allylic oxidation sites excluding steroid dienone is 1. The van der Waals surface area contributed by atoms with Crippen molar-refractivity contribution in [1.82, 2.24) is 9.97 Å². The summed E-state index contributed by atoms with van der Waals surface area (Å²) in [7, 11) is 0. The van der Waals surface area contributed by atoms with E-state index in [2.05, 4.69) is 29.0 Å². The highest BCUT2D eigenvalue weighted by molar-refractivity contribution is 5.71. The summed E-state index contributed by atoms with van der Waals surface area (Å²) in [6.07, 6.45) is 14.3. The van der Waals surface area contributed by atoms with E-state index < -0.39 is 35.6 Å². The van der Waals surface area contributed by atoms with E-state index in [9.17, 15) is 40.5 Å². The highest BCUT2D eigenvalue weighted by atomic mass is 16.4. The Hall–Kier alpha value is -4.68. The maximum Gasteiger partial charge on any atom is 0.309 e. The Balaban J connectivity index is 1.11. The van der Waals surface area contributed by atoms with Crippen LogP contribution < -0.4 is 5.73 Å². The maximum absolute atomic E-state index is 12.5. The lowest BCUT2D eigenvalue weighted by molar-refractivity contribution is -0.147. The minimum Gasteiger partial charge on any atom is -0.508 e. The molecule has 10 N–H and O–H groups in total. The third-order valence-corrected chi connectivity index (χ3v) is 13.5. The third kappa shape index (κ3) is 12.2. The van der Waals surface area contributed by atoms with Crippen LogP contribution >= 0.6 is 0 Å². The second kappa shape index (κ2) is 21.4. The molecule has 1 saturated carbocycles. The number of nitrogens with two attached hydrogens (primary N) is 1. The van der Waals surface area contributed by atoms with E-state index in [4.69, 9.17) is 5.73 Å². The summed E-state index contributed by atoms with van der Waals surface area (Å²) < 4.78 is 0. The minimum absolute atomic E-state index is 0.0433. The maximum atomic E-state index is 12.5. The number of hydrogen-bond donors (Lipinski definition) is 9. The van der Waals surface area contributed by atoms with Gasteiger partial charge in [0, 0.05) is 53.0 Å². The predicted octanol–water partition coefficient (Wildman–Crippen LogP) is 8.62. The predicted molar refractivity (Wildman–Crippen MR) is 238 cm³/mol. The monoisotopic (exact) mass is 837 g/mol. The number of unbranched alkanes of at least 4 members (excludes halogenated alkanes) is 4. The molecule has 11 nitrogen and oxygen atoms in total. The number of carbonyl (C=O) groups is 1. The lowest BCUT2D eigenvalue weighted by Gasteiger charge is -2.34. The normalized spacial score (nSPS) is 24.1. The first kappa shape index (κ1) is 45.8. The van der Waals surface area contributed by atoms with E-state index in [-0.39, 0.29) is 42.3 Å². The van der Waals surface area contributed by atoms with Crippen LogP contribution in [0.5, 0.6) is 11.5 Å². The average Bonchev–Trinajstić information content (AvgIpc) is 3.85. The van der Waals surface area contributed by atoms with Crippen molar-refractivity contribution in [3.63, 3.8) is 0 Å². The minimum atomic E-state index is -1.43. The number of carboxylic acid groups (broad SMARTS) is 1. The number of rotatable bonds is 22. The fourth-order valence-corrected chi connectivity index (χ4v) is 10.1. The lowest BCUT2D eigenvalue weighted by Crippen LogP contribution is -2.39. The van der Waals surface area contributed by atoms with Crippen molar-refractivity contribution in [2.75, 3.05) is 5.73 Å². The van der Waals surface area contributed by atoms with Crippen LogP contribution in [0.25, 0.3) is 11.3 Å². The molecule has 2 aromatic carbocycles. The second-order valence-electron chi connectivity index (χ2n) is 18.0. The number of benzene rings is 2. The van der Waals surface area contributed by atoms with Gasteiger partial charge in [0.05, 0.1) is 29.8 Å². The number of nitrogen functional groups attached to an aromatic ring is 1. The van der Waals surface area contributed by atoms with Crippen LogP contribution in [0.4, 0.5) is 5.82 Å². The molecule has 11 heteroatoms.